The summed E-state index contributed by atoms with van der Waals surface area (Å²) in [4.78, 5) is 21.4. The summed E-state index contributed by atoms with van der Waals surface area (Å²) in [5.74, 6) is 0.264. The number of carbonyl (C=O) groups is 1. The second-order valence-electron chi connectivity index (χ2n) is 8.27. The van der Waals surface area contributed by atoms with Gasteiger partial charge in [-0.05, 0) is 44.3 Å². The van der Waals surface area contributed by atoms with Crippen molar-refractivity contribution in [2.75, 3.05) is 33.8 Å². The Morgan fingerprint density at radius 1 is 1.25 bits per heavy atom. The minimum absolute atomic E-state index is 0.164. The highest BCUT2D eigenvalue weighted by Gasteiger charge is 2.30. The maximum absolute atomic E-state index is 13.9. The summed E-state index contributed by atoms with van der Waals surface area (Å²) < 4.78 is 25.1. The zero-order valence-corrected chi connectivity index (χ0v) is 18.5. The first-order valence-electron chi connectivity index (χ1n) is 10.6. The standard InChI is InChI=1S/C24H27FN4O3/c1-16-19(14-28(2)3)23(27-32-16)24(30)29-10-11-31-22(15-29)21-9-8-17(13-26-21)12-18-6-4-5-7-20(18)25/h4-9,13,22H,10-12,14-15H2,1-3H3/t22-/m1/s1. The second kappa shape index (κ2) is 9.58. The molecule has 0 radical (unpaired) electrons. The molecule has 1 amide bonds. The van der Waals surface area contributed by atoms with Gasteiger partial charge in [0.2, 0.25) is 0 Å². The van der Waals surface area contributed by atoms with E-state index in [0.717, 1.165) is 16.8 Å². The summed E-state index contributed by atoms with van der Waals surface area (Å²) in [5.41, 5.74) is 3.44. The van der Waals surface area contributed by atoms with Gasteiger partial charge in [-0.25, -0.2) is 4.39 Å². The van der Waals surface area contributed by atoms with Gasteiger partial charge in [0, 0.05) is 31.3 Å². The molecule has 168 valence electrons. The Morgan fingerprint density at radius 2 is 2.06 bits per heavy atom. The molecule has 3 heterocycles. The van der Waals surface area contributed by atoms with Crippen molar-refractivity contribution in [1.29, 1.82) is 0 Å². The fourth-order valence-electron chi connectivity index (χ4n) is 3.82. The molecular weight excluding hydrogens is 411 g/mol. The van der Waals surface area contributed by atoms with Gasteiger partial charge in [0.15, 0.2) is 5.69 Å². The summed E-state index contributed by atoms with van der Waals surface area (Å²) in [6.45, 7) is 3.67. The Hall–Kier alpha value is -3.10. The number of ether oxygens (including phenoxy) is 1. The Morgan fingerprint density at radius 3 is 2.78 bits per heavy atom. The van der Waals surface area contributed by atoms with Gasteiger partial charge < -0.3 is 19.1 Å². The molecule has 32 heavy (non-hydrogen) atoms. The summed E-state index contributed by atoms with van der Waals surface area (Å²) in [6.07, 6.45) is 1.87. The van der Waals surface area contributed by atoms with E-state index in [9.17, 15) is 9.18 Å². The molecule has 1 aliphatic rings. The number of morpholine rings is 1. The van der Waals surface area contributed by atoms with Gasteiger partial charge in [-0.1, -0.05) is 29.4 Å². The van der Waals surface area contributed by atoms with Crippen LogP contribution in [0, 0.1) is 12.7 Å². The number of halogens is 1. The molecule has 0 N–H and O–H groups in total. The van der Waals surface area contributed by atoms with Crippen LogP contribution >= 0.6 is 0 Å². The molecule has 3 aromatic rings. The van der Waals surface area contributed by atoms with E-state index in [1.165, 1.54) is 6.07 Å². The van der Waals surface area contributed by atoms with Gasteiger partial charge in [-0.15, -0.1) is 0 Å². The van der Waals surface area contributed by atoms with Gasteiger partial charge in [0.1, 0.15) is 17.7 Å². The van der Waals surface area contributed by atoms with E-state index >= 15 is 0 Å². The van der Waals surface area contributed by atoms with Crippen LogP contribution in [0.15, 0.2) is 47.1 Å². The predicted octanol–water partition coefficient (Wildman–Crippen LogP) is 3.38. The molecule has 0 spiro atoms. The number of hydrogen-bond donors (Lipinski definition) is 0. The second-order valence-corrected chi connectivity index (χ2v) is 8.27. The van der Waals surface area contributed by atoms with E-state index in [1.807, 2.05) is 44.1 Å². The fourth-order valence-corrected chi connectivity index (χ4v) is 3.82. The fraction of sp³-hybridized carbons (Fsp3) is 0.375. The van der Waals surface area contributed by atoms with E-state index < -0.39 is 0 Å². The number of rotatable bonds is 6. The third kappa shape index (κ3) is 4.87. The van der Waals surface area contributed by atoms with Crippen molar-refractivity contribution in [3.8, 4) is 0 Å². The zero-order chi connectivity index (χ0) is 22.7. The molecule has 0 bridgehead atoms. The van der Waals surface area contributed by atoms with Crippen molar-refractivity contribution < 1.29 is 18.4 Å². The van der Waals surface area contributed by atoms with Crippen LogP contribution < -0.4 is 0 Å². The van der Waals surface area contributed by atoms with Crippen molar-refractivity contribution in [1.82, 2.24) is 19.9 Å². The first kappa shape index (κ1) is 22.1. The van der Waals surface area contributed by atoms with Crippen LogP contribution in [0.3, 0.4) is 0 Å². The average molecular weight is 439 g/mol. The first-order chi connectivity index (χ1) is 15.4. The summed E-state index contributed by atoms with van der Waals surface area (Å²) in [5, 5.41) is 4.02. The average Bonchev–Trinajstić information content (AvgIpc) is 3.15. The highest BCUT2D eigenvalue weighted by molar-refractivity contribution is 5.94. The van der Waals surface area contributed by atoms with Crippen molar-refractivity contribution in [3.05, 3.63) is 82.3 Å². The number of carbonyl (C=O) groups excluding carboxylic acids is 1. The van der Waals surface area contributed by atoms with E-state index in [4.69, 9.17) is 9.26 Å². The van der Waals surface area contributed by atoms with Gasteiger partial charge in [-0.3, -0.25) is 9.78 Å². The third-order valence-electron chi connectivity index (χ3n) is 5.55. The topological polar surface area (TPSA) is 71.7 Å². The van der Waals surface area contributed by atoms with Crippen molar-refractivity contribution in [2.45, 2.75) is 26.0 Å². The Kier molecular flexibility index (Phi) is 6.62. The minimum Gasteiger partial charge on any atom is -0.368 e. The maximum Gasteiger partial charge on any atom is 0.276 e. The number of nitrogens with zero attached hydrogens (tertiary/aromatic N) is 4. The number of aromatic nitrogens is 2. The van der Waals surface area contributed by atoms with Crippen molar-refractivity contribution in [3.63, 3.8) is 0 Å². The molecule has 2 aromatic heterocycles. The monoisotopic (exact) mass is 438 g/mol. The van der Waals surface area contributed by atoms with E-state index in [2.05, 4.69) is 10.1 Å². The summed E-state index contributed by atoms with van der Waals surface area (Å²) >= 11 is 0. The molecule has 1 saturated heterocycles. The van der Waals surface area contributed by atoms with Crippen LogP contribution in [0.5, 0.6) is 0 Å². The molecule has 1 atom stereocenters. The normalized spacial score (nSPS) is 16.5. The van der Waals surface area contributed by atoms with Crippen LogP contribution in [-0.4, -0.2) is 59.6 Å². The number of benzene rings is 1. The Bertz CT molecular complexity index is 1080. The van der Waals surface area contributed by atoms with Gasteiger partial charge in [0.25, 0.3) is 5.91 Å². The van der Waals surface area contributed by atoms with Crippen molar-refractivity contribution in [2.24, 2.45) is 0 Å². The summed E-state index contributed by atoms with van der Waals surface area (Å²) in [6, 6.07) is 10.5. The quantitative estimate of drug-likeness (QED) is 0.588. The smallest absolute Gasteiger partial charge is 0.276 e. The lowest BCUT2D eigenvalue weighted by Gasteiger charge is -2.32. The van der Waals surface area contributed by atoms with E-state index in [0.29, 0.717) is 49.7 Å². The first-order valence-corrected chi connectivity index (χ1v) is 10.6. The number of pyridine rings is 1. The van der Waals surface area contributed by atoms with Crippen LogP contribution in [0.25, 0.3) is 0 Å². The van der Waals surface area contributed by atoms with Crippen LogP contribution in [0.4, 0.5) is 4.39 Å². The lowest BCUT2D eigenvalue weighted by atomic mass is 10.0. The van der Waals surface area contributed by atoms with Crippen LogP contribution in [0.2, 0.25) is 0 Å². The number of amides is 1. The van der Waals surface area contributed by atoms with Gasteiger partial charge in [0.05, 0.1) is 18.8 Å². The molecular formula is C24H27FN4O3. The molecule has 1 fully saturated rings. The summed E-state index contributed by atoms with van der Waals surface area (Å²) in [7, 11) is 3.87. The van der Waals surface area contributed by atoms with Crippen LogP contribution in [0.1, 0.15) is 44.7 Å². The molecule has 8 heteroatoms. The van der Waals surface area contributed by atoms with E-state index in [-0.39, 0.29) is 17.8 Å². The van der Waals surface area contributed by atoms with Gasteiger partial charge >= 0.3 is 0 Å². The predicted molar refractivity (Wildman–Crippen MR) is 117 cm³/mol. The largest absolute Gasteiger partial charge is 0.368 e. The zero-order valence-electron chi connectivity index (χ0n) is 18.5. The molecule has 1 aliphatic heterocycles. The molecule has 1 aromatic carbocycles. The van der Waals surface area contributed by atoms with Gasteiger partial charge in [-0.2, -0.15) is 0 Å². The Labute approximate surface area is 186 Å². The highest BCUT2D eigenvalue weighted by Crippen LogP contribution is 2.24. The van der Waals surface area contributed by atoms with E-state index in [1.54, 1.807) is 23.2 Å². The Balaban J connectivity index is 1.45. The molecule has 0 unspecified atom stereocenters. The molecule has 0 saturated carbocycles. The van der Waals surface area contributed by atoms with Crippen molar-refractivity contribution >= 4 is 5.91 Å². The lowest BCUT2D eigenvalue weighted by molar-refractivity contribution is -0.0250. The molecule has 7 nitrogen and oxygen atoms in total. The maximum atomic E-state index is 13.9. The number of aryl methyl sites for hydroxylation is 1. The number of hydrogen-bond acceptors (Lipinski definition) is 6. The highest BCUT2D eigenvalue weighted by atomic mass is 19.1. The van der Waals surface area contributed by atoms with Crippen LogP contribution in [-0.2, 0) is 17.7 Å². The lowest BCUT2D eigenvalue weighted by Crippen LogP contribution is -2.43. The third-order valence-corrected chi connectivity index (χ3v) is 5.55. The minimum atomic E-state index is -0.333. The molecule has 4 rings (SSSR count). The molecule has 0 aliphatic carbocycles. The SMILES string of the molecule is Cc1onc(C(=O)N2CCO[C@@H](c3ccc(Cc4ccccc4F)cn3)C2)c1CN(C)C.